The number of aliphatic hydroxyl groups excluding tert-OH is 1. The van der Waals surface area contributed by atoms with Crippen molar-refractivity contribution in [1.29, 1.82) is 0 Å². The Balaban J connectivity index is 2.69. The van der Waals surface area contributed by atoms with Gasteiger partial charge in [0.2, 0.25) is 0 Å². The van der Waals surface area contributed by atoms with E-state index in [0.717, 1.165) is 15.7 Å². The molecule has 0 aliphatic rings. The first kappa shape index (κ1) is 14.4. The van der Waals surface area contributed by atoms with Gasteiger partial charge in [-0.25, -0.2) is 0 Å². The van der Waals surface area contributed by atoms with Gasteiger partial charge >= 0.3 is 0 Å². The molecule has 3 N–H and O–H groups in total. The number of nitrogens with two attached hydrogens (primary N) is 1. The maximum Gasteiger partial charge on any atom is 0.0947 e. The van der Waals surface area contributed by atoms with Crippen molar-refractivity contribution in [1.82, 2.24) is 0 Å². The third kappa shape index (κ3) is 4.27. The predicted molar refractivity (Wildman–Crippen MR) is 73.2 cm³/mol. The summed E-state index contributed by atoms with van der Waals surface area (Å²) in [6, 6.07) is 5.98. The van der Waals surface area contributed by atoms with Gasteiger partial charge in [0, 0.05) is 37.4 Å². The zero-order valence-electron chi connectivity index (χ0n) is 10.2. The van der Waals surface area contributed by atoms with Crippen LogP contribution < -0.4 is 10.6 Å². The SMILES string of the molecule is COCC(O)CN(C)c1ccc(CN)c(Br)c1. The van der Waals surface area contributed by atoms with Crippen molar-refractivity contribution in [2.75, 3.05) is 32.2 Å². The molecule has 0 aliphatic heterocycles. The number of benzene rings is 1. The summed E-state index contributed by atoms with van der Waals surface area (Å²) in [6.45, 7) is 1.38. The van der Waals surface area contributed by atoms with E-state index in [-0.39, 0.29) is 0 Å². The highest BCUT2D eigenvalue weighted by molar-refractivity contribution is 9.10. The Morgan fingerprint density at radius 2 is 2.24 bits per heavy atom. The average Bonchev–Trinajstić information content (AvgIpc) is 2.29. The molecule has 1 atom stereocenters. The Labute approximate surface area is 110 Å². The Bertz CT molecular complexity index is 360. The normalized spacial score (nSPS) is 12.5. The summed E-state index contributed by atoms with van der Waals surface area (Å²) in [4.78, 5) is 1.98. The first-order valence-corrected chi connectivity index (χ1v) is 6.24. The van der Waals surface area contributed by atoms with E-state index in [1.807, 2.05) is 30.1 Å². The number of ether oxygens (including phenoxy) is 1. The smallest absolute Gasteiger partial charge is 0.0947 e. The highest BCUT2D eigenvalue weighted by atomic mass is 79.9. The van der Waals surface area contributed by atoms with Gasteiger partial charge in [0.25, 0.3) is 0 Å². The maximum atomic E-state index is 9.65. The third-order valence-electron chi connectivity index (χ3n) is 2.54. The Kier molecular flexibility index (Phi) is 5.91. The van der Waals surface area contributed by atoms with Crippen LogP contribution in [0.3, 0.4) is 0 Å². The molecule has 0 fully saturated rings. The molecule has 1 aromatic rings. The lowest BCUT2D eigenvalue weighted by molar-refractivity contribution is 0.0695. The molecule has 17 heavy (non-hydrogen) atoms. The molecule has 1 rings (SSSR count). The van der Waals surface area contributed by atoms with Crippen molar-refractivity contribution < 1.29 is 9.84 Å². The minimum atomic E-state index is -0.488. The van der Waals surface area contributed by atoms with E-state index in [4.69, 9.17) is 10.5 Å². The van der Waals surface area contributed by atoms with Crippen molar-refractivity contribution in [3.8, 4) is 0 Å². The van der Waals surface area contributed by atoms with Gasteiger partial charge in [-0.05, 0) is 17.7 Å². The molecule has 0 bridgehead atoms. The van der Waals surface area contributed by atoms with Crippen molar-refractivity contribution >= 4 is 21.6 Å². The van der Waals surface area contributed by atoms with Crippen molar-refractivity contribution in [2.45, 2.75) is 12.6 Å². The molecule has 0 heterocycles. The van der Waals surface area contributed by atoms with Gasteiger partial charge in [0.05, 0.1) is 12.7 Å². The van der Waals surface area contributed by atoms with Gasteiger partial charge in [-0.2, -0.15) is 0 Å². The Morgan fingerprint density at radius 3 is 2.76 bits per heavy atom. The fourth-order valence-corrected chi connectivity index (χ4v) is 2.13. The van der Waals surface area contributed by atoms with Crippen LogP contribution >= 0.6 is 15.9 Å². The van der Waals surface area contributed by atoms with E-state index in [9.17, 15) is 5.11 Å². The van der Waals surface area contributed by atoms with Gasteiger partial charge in [-0.1, -0.05) is 22.0 Å². The van der Waals surface area contributed by atoms with Crippen molar-refractivity contribution in [2.24, 2.45) is 5.73 Å². The first-order valence-electron chi connectivity index (χ1n) is 5.45. The van der Waals surface area contributed by atoms with Crippen LogP contribution in [0.1, 0.15) is 5.56 Å². The monoisotopic (exact) mass is 302 g/mol. The van der Waals surface area contributed by atoms with E-state index >= 15 is 0 Å². The number of anilines is 1. The number of hydrogen-bond donors (Lipinski definition) is 2. The lowest BCUT2D eigenvalue weighted by Crippen LogP contribution is -2.31. The number of methoxy groups -OCH3 is 1. The van der Waals surface area contributed by atoms with Crippen LogP contribution in [0.2, 0.25) is 0 Å². The molecule has 4 nitrogen and oxygen atoms in total. The molecule has 0 saturated carbocycles. The van der Waals surface area contributed by atoms with Crippen molar-refractivity contribution in [3.05, 3.63) is 28.2 Å². The van der Waals surface area contributed by atoms with Gasteiger partial charge < -0.3 is 20.5 Å². The highest BCUT2D eigenvalue weighted by Crippen LogP contribution is 2.23. The largest absolute Gasteiger partial charge is 0.389 e. The lowest BCUT2D eigenvalue weighted by atomic mass is 10.2. The molecule has 1 aromatic carbocycles. The molecule has 0 aliphatic carbocycles. The number of nitrogens with zero attached hydrogens (tertiary/aromatic N) is 1. The Hall–Kier alpha value is -0.620. The summed E-state index contributed by atoms with van der Waals surface area (Å²) >= 11 is 3.48. The van der Waals surface area contributed by atoms with E-state index in [1.54, 1.807) is 7.11 Å². The second kappa shape index (κ2) is 6.96. The Morgan fingerprint density at radius 1 is 1.53 bits per heavy atom. The van der Waals surface area contributed by atoms with Crippen LogP contribution in [0, 0.1) is 0 Å². The van der Waals surface area contributed by atoms with Crippen LogP contribution in [0.4, 0.5) is 5.69 Å². The number of likely N-dealkylation sites (N-methyl/N-ethyl adjacent to an activating group) is 1. The third-order valence-corrected chi connectivity index (χ3v) is 3.28. The molecule has 0 radical (unpaired) electrons. The van der Waals surface area contributed by atoms with Gasteiger partial charge in [0.15, 0.2) is 0 Å². The van der Waals surface area contributed by atoms with Gasteiger partial charge in [-0.15, -0.1) is 0 Å². The van der Waals surface area contributed by atoms with E-state index in [2.05, 4.69) is 15.9 Å². The topological polar surface area (TPSA) is 58.7 Å². The number of aliphatic hydroxyl groups is 1. The zero-order chi connectivity index (χ0) is 12.8. The summed E-state index contributed by atoms with van der Waals surface area (Å²) in [5, 5.41) is 9.65. The molecule has 0 spiro atoms. The maximum absolute atomic E-state index is 9.65. The molecule has 1 unspecified atom stereocenters. The second-order valence-electron chi connectivity index (χ2n) is 3.97. The summed E-state index contributed by atoms with van der Waals surface area (Å²) in [5.74, 6) is 0. The summed E-state index contributed by atoms with van der Waals surface area (Å²) < 4.78 is 5.89. The van der Waals surface area contributed by atoms with Crippen LogP contribution in [0.5, 0.6) is 0 Å². The van der Waals surface area contributed by atoms with Crippen LogP contribution in [-0.2, 0) is 11.3 Å². The zero-order valence-corrected chi connectivity index (χ0v) is 11.8. The van der Waals surface area contributed by atoms with E-state index in [1.165, 1.54) is 0 Å². The standard InChI is InChI=1S/C12H19BrN2O2/c1-15(7-11(16)8-17-2)10-4-3-9(6-14)12(13)5-10/h3-5,11,16H,6-8,14H2,1-2H3. The molecule has 5 heteroatoms. The number of halogens is 1. The molecule has 0 aromatic heterocycles. The van der Waals surface area contributed by atoms with Gasteiger partial charge in [0.1, 0.15) is 0 Å². The van der Waals surface area contributed by atoms with E-state index in [0.29, 0.717) is 19.7 Å². The van der Waals surface area contributed by atoms with E-state index < -0.39 is 6.10 Å². The molecule has 0 saturated heterocycles. The quantitative estimate of drug-likeness (QED) is 0.833. The second-order valence-corrected chi connectivity index (χ2v) is 4.82. The lowest BCUT2D eigenvalue weighted by Gasteiger charge is -2.23. The molecule has 0 amide bonds. The minimum Gasteiger partial charge on any atom is -0.389 e. The number of hydrogen-bond acceptors (Lipinski definition) is 4. The fraction of sp³-hybridized carbons (Fsp3) is 0.500. The summed E-state index contributed by atoms with van der Waals surface area (Å²) in [6.07, 6.45) is -0.488. The van der Waals surface area contributed by atoms with Crippen LogP contribution in [-0.4, -0.2) is 38.5 Å². The summed E-state index contributed by atoms with van der Waals surface area (Å²) in [7, 11) is 3.51. The average molecular weight is 303 g/mol. The van der Waals surface area contributed by atoms with Crippen LogP contribution in [0.25, 0.3) is 0 Å². The minimum absolute atomic E-state index is 0.340. The van der Waals surface area contributed by atoms with Crippen molar-refractivity contribution in [3.63, 3.8) is 0 Å². The van der Waals surface area contributed by atoms with Gasteiger partial charge in [-0.3, -0.25) is 0 Å². The summed E-state index contributed by atoms with van der Waals surface area (Å²) in [5.41, 5.74) is 7.70. The molecular formula is C12H19BrN2O2. The number of rotatable bonds is 6. The molecular weight excluding hydrogens is 284 g/mol. The highest BCUT2D eigenvalue weighted by Gasteiger charge is 2.09. The molecule has 96 valence electrons. The van der Waals surface area contributed by atoms with Crippen LogP contribution in [0.15, 0.2) is 22.7 Å². The first-order chi connectivity index (χ1) is 8.08. The fourth-order valence-electron chi connectivity index (χ4n) is 1.61. The predicted octanol–water partition coefficient (Wildman–Crippen LogP) is 1.35.